The van der Waals surface area contributed by atoms with Crippen LogP contribution in [-0.2, 0) is 9.84 Å². The Balaban J connectivity index is 1.79. The molecule has 0 atom stereocenters. The summed E-state index contributed by atoms with van der Waals surface area (Å²) in [6, 6.07) is 11.8. The third-order valence-corrected chi connectivity index (χ3v) is 6.82. The summed E-state index contributed by atoms with van der Waals surface area (Å²) in [4.78, 5) is 16.9. The van der Waals surface area contributed by atoms with Gasteiger partial charge in [-0.2, -0.15) is 0 Å². The van der Waals surface area contributed by atoms with Crippen LogP contribution in [0.2, 0.25) is 0 Å². The van der Waals surface area contributed by atoms with Crippen LogP contribution < -0.4 is 5.32 Å². The molecule has 140 valence electrons. The van der Waals surface area contributed by atoms with Crippen LogP contribution >= 0.6 is 11.3 Å². The minimum Gasteiger partial charge on any atom is -0.298 e. The summed E-state index contributed by atoms with van der Waals surface area (Å²) in [5, 5.41) is 4.22. The van der Waals surface area contributed by atoms with Crippen molar-refractivity contribution >= 4 is 32.2 Å². The molecule has 1 heterocycles. The number of nitrogens with zero attached hydrogens (tertiary/aromatic N) is 1. The number of aromatic nitrogens is 1. The van der Waals surface area contributed by atoms with E-state index in [2.05, 4.69) is 10.3 Å². The Morgan fingerprint density at radius 3 is 2.52 bits per heavy atom. The molecular formula is C19H17FN2O3S2. The molecule has 0 aliphatic rings. The highest BCUT2D eigenvalue weighted by Gasteiger charge is 2.20. The van der Waals surface area contributed by atoms with Crippen LogP contribution in [0.4, 0.5) is 9.52 Å². The molecule has 0 aliphatic heterocycles. The Morgan fingerprint density at radius 1 is 1.15 bits per heavy atom. The number of hydrogen-bond acceptors (Lipinski definition) is 5. The van der Waals surface area contributed by atoms with Gasteiger partial charge in [-0.15, -0.1) is 11.3 Å². The Kier molecular flexibility index (Phi) is 5.38. The molecule has 1 aromatic heterocycles. The fraction of sp³-hybridized carbons (Fsp3) is 0.158. The first-order valence-electron chi connectivity index (χ1n) is 8.14. The minimum absolute atomic E-state index is 0.108. The largest absolute Gasteiger partial charge is 0.298 e. The van der Waals surface area contributed by atoms with E-state index in [0.717, 1.165) is 5.56 Å². The van der Waals surface area contributed by atoms with Gasteiger partial charge in [0.1, 0.15) is 5.82 Å². The highest BCUT2D eigenvalue weighted by atomic mass is 32.2. The smallest absolute Gasteiger partial charge is 0.257 e. The van der Waals surface area contributed by atoms with Crippen molar-refractivity contribution in [2.45, 2.75) is 24.0 Å². The van der Waals surface area contributed by atoms with Crippen molar-refractivity contribution in [3.63, 3.8) is 0 Å². The molecule has 2 aromatic carbocycles. The molecule has 0 fully saturated rings. The zero-order valence-corrected chi connectivity index (χ0v) is 16.3. The predicted molar refractivity (Wildman–Crippen MR) is 104 cm³/mol. The van der Waals surface area contributed by atoms with Crippen LogP contribution in [0.15, 0.2) is 58.8 Å². The zero-order chi connectivity index (χ0) is 19.6. The molecule has 0 saturated heterocycles. The number of thiazole rings is 1. The third-order valence-electron chi connectivity index (χ3n) is 3.91. The SMILES string of the molecule is CC(C)S(=O)(=O)c1cccc(C(=O)Nc2nc(-c3ccc(F)cc3)cs2)c1. The van der Waals surface area contributed by atoms with Crippen molar-refractivity contribution in [2.75, 3.05) is 5.32 Å². The molecule has 3 aromatic rings. The van der Waals surface area contributed by atoms with Gasteiger partial charge in [-0.25, -0.2) is 17.8 Å². The first kappa shape index (κ1) is 19.2. The Bertz CT molecular complexity index is 1070. The van der Waals surface area contributed by atoms with E-state index in [0.29, 0.717) is 10.8 Å². The molecule has 0 spiro atoms. The van der Waals surface area contributed by atoms with Crippen molar-refractivity contribution in [2.24, 2.45) is 0 Å². The second-order valence-corrected chi connectivity index (χ2v) is 9.48. The van der Waals surface area contributed by atoms with Gasteiger partial charge in [0.05, 0.1) is 15.8 Å². The fourth-order valence-electron chi connectivity index (χ4n) is 2.34. The number of rotatable bonds is 5. The number of carbonyl (C=O) groups is 1. The molecule has 0 unspecified atom stereocenters. The lowest BCUT2D eigenvalue weighted by atomic mass is 10.2. The summed E-state index contributed by atoms with van der Waals surface area (Å²) in [6.45, 7) is 3.18. The molecule has 0 saturated carbocycles. The molecule has 0 aliphatic carbocycles. The van der Waals surface area contributed by atoms with E-state index >= 15 is 0 Å². The van der Waals surface area contributed by atoms with Crippen LogP contribution in [0.25, 0.3) is 11.3 Å². The predicted octanol–water partition coefficient (Wildman–Crippen LogP) is 4.38. The lowest BCUT2D eigenvalue weighted by Gasteiger charge is -2.09. The van der Waals surface area contributed by atoms with Crippen molar-refractivity contribution in [3.8, 4) is 11.3 Å². The third kappa shape index (κ3) is 4.23. The topological polar surface area (TPSA) is 76.1 Å². The Labute approximate surface area is 160 Å². The average Bonchev–Trinajstić information content (AvgIpc) is 3.10. The summed E-state index contributed by atoms with van der Waals surface area (Å²) in [6.07, 6.45) is 0. The van der Waals surface area contributed by atoms with E-state index in [1.165, 1.54) is 41.7 Å². The molecule has 0 radical (unpaired) electrons. The lowest BCUT2D eigenvalue weighted by Crippen LogP contribution is -2.16. The first-order valence-corrected chi connectivity index (χ1v) is 10.6. The maximum absolute atomic E-state index is 13.0. The van der Waals surface area contributed by atoms with Crippen LogP contribution in [0, 0.1) is 5.82 Å². The van der Waals surface area contributed by atoms with Crippen LogP contribution in [0.5, 0.6) is 0 Å². The van der Waals surface area contributed by atoms with Gasteiger partial charge < -0.3 is 0 Å². The average molecular weight is 404 g/mol. The van der Waals surface area contributed by atoms with Gasteiger partial charge in [-0.1, -0.05) is 6.07 Å². The van der Waals surface area contributed by atoms with E-state index in [-0.39, 0.29) is 16.3 Å². The summed E-state index contributed by atoms with van der Waals surface area (Å²) >= 11 is 1.23. The van der Waals surface area contributed by atoms with Crippen molar-refractivity contribution in [1.82, 2.24) is 4.98 Å². The maximum Gasteiger partial charge on any atom is 0.257 e. The molecule has 5 nitrogen and oxygen atoms in total. The van der Waals surface area contributed by atoms with Gasteiger partial charge >= 0.3 is 0 Å². The lowest BCUT2D eigenvalue weighted by molar-refractivity contribution is 0.102. The number of halogens is 1. The van der Waals surface area contributed by atoms with E-state index < -0.39 is 21.0 Å². The standard InChI is InChI=1S/C19H17FN2O3S2/c1-12(2)27(24,25)16-5-3-4-14(10-16)18(23)22-19-21-17(11-26-19)13-6-8-15(20)9-7-13/h3-12H,1-2H3,(H,21,22,23). The number of nitrogens with one attached hydrogen (secondary N) is 1. The van der Waals surface area contributed by atoms with Gasteiger partial charge in [0, 0.05) is 16.5 Å². The van der Waals surface area contributed by atoms with Crippen molar-refractivity contribution < 1.29 is 17.6 Å². The number of anilines is 1. The van der Waals surface area contributed by atoms with Gasteiger partial charge in [0.2, 0.25) is 0 Å². The maximum atomic E-state index is 13.0. The van der Waals surface area contributed by atoms with Crippen molar-refractivity contribution in [1.29, 1.82) is 0 Å². The summed E-state index contributed by atoms with van der Waals surface area (Å²) in [5.41, 5.74) is 1.58. The van der Waals surface area contributed by atoms with E-state index in [9.17, 15) is 17.6 Å². The number of carbonyl (C=O) groups excluding carboxylic acids is 1. The molecule has 0 bridgehead atoms. The van der Waals surface area contributed by atoms with Crippen LogP contribution in [0.1, 0.15) is 24.2 Å². The van der Waals surface area contributed by atoms with Gasteiger partial charge in [0.15, 0.2) is 15.0 Å². The van der Waals surface area contributed by atoms with Gasteiger partial charge in [-0.05, 0) is 56.3 Å². The summed E-state index contributed by atoms with van der Waals surface area (Å²) < 4.78 is 37.6. The number of amides is 1. The number of sulfone groups is 1. The molecule has 1 amide bonds. The van der Waals surface area contributed by atoms with Crippen LogP contribution in [0.3, 0.4) is 0 Å². The summed E-state index contributed by atoms with van der Waals surface area (Å²) in [7, 11) is -3.46. The fourth-order valence-corrected chi connectivity index (χ4v) is 4.16. The number of benzene rings is 2. The minimum atomic E-state index is -3.46. The molecular weight excluding hydrogens is 387 g/mol. The van der Waals surface area contributed by atoms with Crippen LogP contribution in [-0.4, -0.2) is 24.6 Å². The number of hydrogen-bond donors (Lipinski definition) is 1. The van der Waals surface area contributed by atoms with E-state index in [1.54, 1.807) is 37.4 Å². The normalized spacial score (nSPS) is 11.6. The molecule has 3 rings (SSSR count). The second kappa shape index (κ2) is 7.58. The van der Waals surface area contributed by atoms with E-state index in [1.807, 2.05) is 0 Å². The zero-order valence-electron chi connectivity index (χ0n) is 14.6. The highest BCUT2D eigenvalue weighted by Crippen LogP contribution is 2.25. The molecule has 27 heavy (non-hydrogen) atoms. The van der Waals surface area contributed by atoms with Gasteiger partial charge in [-0.3, -0.25) is 10.1 Å². The highest BCUT2D eigenvalue weighted by molar-refractivity contribution is 7.92. The first-order chi connectivity index (χ1) is 12.8. The molecule has 8 heteroatoms. The quantitative estimate of drug-likeness (QED) is 0.685. The second-order valence-electron chi connectivity index (χ2n) is 6.12. The Hall–Kier alpha value is -2.58. The monoisotopic (exact) mass is 404 g/mol. The van der Waals surface area contributed by atoms with Gasteiger partial charge in [0.25, 0.3) is 5.91 Å². The van der Waals surface area contributed by atoms with Crippen molar-refractivity contribution in [3.05, 3.63) is 65.3 Å². The van der Waals surface area contributed by atoms with E-state index in [4.69, 9.17) is 0 Å². The molecule has 1 N–H and O–H groups in total. The summed E-state index contributed by atoms with van der Waals surface area (Å²) in [5.74, 6) is -0.783. The Morgan fingerprint density at radius 2 is 1.85 bits per heavy atom.